The number of aromatic nitrogens is 1. The molecule has 8 heteroatoms. The highest BCUT2D eigenvalue weighted by Crippen LogP contribution is 2.26. The average Bonchev–Trinajstić information content (AvgIpc) is 2.27. The molecule has 0 saturated carbocycles. The van der Waals surface area contributed by atoms with Gasteiger partial charge in [-0.3, -0.25) is 0 Å². The van der Waals surface area contributed by atoms with Crippen molar-refractivity contribution in [2.45, 2.75) is 31.7 Å². The van der Waals surface area contributed by atoms with Gasteiger partial charge in [0.05, 0.1) is 0 Å². The monoisotopic (exact) mass is 283 g/mol. The third-order valence-corrected chi connectivity index (χ3v) is 3.38. The van der Waals surface area contributed by atoms with Crippen molar-refractivity contribution in [3.8, 4) is 5.88 Å². The summed E-state index contributed by atoms with van der Waals surface area (Å²) in [6.45, 7) is 3.87. The molecular weight excluding hydrogens is 271 g/mol. The van der Waals surface area contributed by atoms with Crippen molar-refractivity contribution in [3.63, 3.8) is 0 Å². The van der Waals surface area contributed by atoms with Crippen LogP contribution in [-0.4, -0.2) is 18.9 Å². The second kappa shape index (κ2) is 5.13. The van der Waals surface area contributed by atoms with Gasteiger partial charge in [0.2, 0.25) is 5.88 Å². The molecule has 0 aliphatic carbocycles. The summed E-state index contributed by atoms with van der Waals surface area (Å²) in [4.78, 5) is 3.55. The molecule has 1 unspecified atom stereocenters. The van der Waals surface area contributed by atoms with Crippen LogP contribution in [0.3, 0.4) is 0 Å². The van der Waals surface area contributed by atoms with Crippen LogP contribution in [0, 0.1) is 0 Å². The summed E-state index contributed by atoms with van der Waals surface area (Å²) in [5.41, 5.74) is -4.65. The van der Waals surface area contributed by atoms with Crippen LogP contribution in [0.5, 0.6) is 5.88 Å². The van der Waals surface area contributed by atoms with Gasteiger partial charge >= 0.3 is 15.6 Å². The van der Waals surface area contributed by atoms with Gasteiger partial charge in [-0.2, -0.15) is 21.6 Å². The van der Waals surface area contributed by atoms with E-state index in [1.165, 1.54) is 12.3 Å². The zero-order valence-electron chi connectivity index (χ0n) is 9.73. The first kappa shape index (κ1) is 14.7. The molecular formula is C10H12F3NO3S. The summed E-state index contributed by atoms with van der Waals surface area (Å²) in [5, 5.41) is 0. The Kier molecular flexibility index (Phi) is 4.20. The number of halogens is 3. The van der Waals surface area contributed by atoms with E-state index in [1.807, 2.05) is 13.8 Å². The van der Waals surface area contributed by atoms with E-state index in [0.29, 0.717) is 0 Å². The predicted molar refractivity (Wildman–Crippen MR) is 58.5 cm³/mol. The molecule has 1 aromatic rings. The summed E-state index contributed by atoms with van der Waals surface area (Å²) in [6.07, 6.45) is 2.14. The highest BCUT2D eigenvalue weighted by atomic mass is 32.2. The maximum Gasteiger partial charge on any atom is 0.534 e. The minimum atomic E-state index is -5.65. The molecule has 0 aliphatic rings. The van der Waals surface area contributed by atoms with Crippen LogP contribution in [0.25, 0.3) is 0 Å². The van der Waals surface area contributed by atoms with Gasteiger partial charge in [-0.1, -0.05) is 19.9 Å². The first-order valence-electron chi connectivity index (χ1n) is 5.14. The Morgan fingerprint density at radius 1 is 1.39 bits per heavy atom. The van der Waals surface area contributed by atoms with E-state index >= 15 is 0 Å². The number of nitrogens with zero attached hydrogens (tertiary/aromatic N) is 1. The fraction of sp³-hybridized carbons (Fsp3) is 0.500. The Bertz CT molecular complexity index is 496. The van der Waals surface area contributed by atoms with E-state index in [-0.39, 0.29) is 5.92 Å². The van der Waals surface area contributed by atoms with Gasteiger partial charge in [0, 0.05) is 12.3 Å². The van der Waals surface area contributed by atoms with Crippen LogP contribution < -0.4 is 4.18 Å². The van der Waals surface area contributed by atoms with Gasteiger partial charge in [-0.25, -0.2) is 4.98 Å². The van der Waals surface area contributed by atoms with E-state index in [9.17, 15) is 21.6 Å². The molecule has 1 aromatic heterocycles. The minimum Gasteiger partial charge on any atom is -0.355 e. The Balaban J connectivity index is 2.89. The summed E-state index contributed by atoms with van der Waals surface area (Å²) in [7, 11) is -5.65. The number of rotatable bonds is 4. The molecule has 0 saturated heterocycles. The van der Waals surface area contributed by atoms with Gasteiger partial charge in [0.15, 0.2) is 0 Å². The molecule has 0 amide bonds. The van der Waals surface area contributed by atoms with E-state index in [2.05, 4.69) is 9.17 Å². The summed E-state index contributed by atoms with van der Waals surface area (Å²) >= 11 is 0. The number of alkyl halides is 3. The lowest BCUT2D eigenvalue weighted by molar-refractivity contribution is -0.0501. The molecule has 0 aromatic carbocycles. The largest absolute Gasteiger partial charge is 0.534 e. The van der Waals surface area contributed by atoms with Crippen LogP contribution in [-0.2, 0) is 10.1 Å². The molecule has 102 valence electrons. The number of pyridine rings is 1. The fourth-order valence-corrected chi connectivity index (χ4v) is 1.55. The van der Waals surface area contributed by atoms with E-state index in [4.69, 9.17) is 0 Å². The second-order valence-corrected chi connectivity index (χ2v) is 5.26. The first-order valence-corrected chi connectivity index (χ1v) is 6.55. The summed E-state index contributed by atoms with van der Waals surface area (Å²) in [6, 6.07) is 2.59. The average molecular weight is 283 g/mol. The van der Waals surface area contributed by atoms with Gasteiger partial charge in [-0.15, -0.1) is 0 Å². The van der Waals surface area contributed by atoms with Crippen LogP contribution in [0.1, 0.15) is 31.7 Å². The third kappa shape index (κ3) is 3.34. The Hall–Kier alpha value is -1.31. The van der Waals surface area contributed by atoms with Crippen molar-refractivity contribution in [1.82, 2.24) is 4.98 Å². The van der Waals surface area contributed by atoms with Gasteiger partial charge in [0.1, 0.15) is 0 Å². The molecule has 1 rings (SSSR count). The van der Waals surface area contributed by atoms with Crippen molar-refractivity contribution in [2.24, 2.45) is 0 Å². The number of hydrogen-bond acceptors (Lipinski definition) is 4. The molecule has 0 bridgehead atoms. The lowest BCUT2D eigenvalue weighted by atomic mass is 10.0. The highest BCUT2D eigenvalue weighted by Gasteiger charge is 2.48. The maximum absolute atomic E-state index is 12.0. The van der Waals surface area contributed by atoms with E-state index < -0.39 is 21.5 Å². The minimum absolute atomic E-state index is 0.186. The van der Waals surface area contributed by atoms with Crippen molar-refractivity contribution >= 4 is 10.1 Å². The number of hydrogen-bond donors (Lipinski definition) is 0. The molecule has 1 heterocycles. The van der Waals surface area contributed by atoms with Gasteiger partial charge in [0.25, 0.3) is 0 Å². The zero-order chi connectivity index (χ0) is 14.0. The van der Waals surface area contributed by atoms with Crippen LogP contribution in [0.15, 0.2) is 18.3 Å². The smallest absolute Gasteiger partial charge is 0.355 e. The Morgan fingerprint density at radius 3 is 2.39 bits per heavy atom. The van der Waals surface area contributed by atoms with Crippen molar-refractivity contribution < 1.29 is 25.8 Å². The molecule has 0 fully saturated rings. The SMILES string of the molecule is CCC(C)c1ccc(OS(=O)(=O)C(F)(F)F)nc1. The van der Waals surface area contributed by atoms with Crippen molar-refractivity contribution in [3.05, 3.63) is 23.9 Å². The predicted octanol–water partition coefficient (Wildman–Crippen LogP) is 2.82. The lowest BCUT2D eigenvalue weighted by Gasteiger charge is -2.10. The Labute approximate surface area is 103 Å². The normalized spacial score (nSPS) is 14.3. The summed E-state index contributed by atoms with van der Waals surface area (Å²) in [5.74, 6) is -0.412. The Morgan fingerprint density at radius 2 is 2.00 bits per heavy atom. The highest BCUT2D eigenvalue weighted by molar-refractivity contribution is 7.87. The molecule has 1 atom stereocenters. The molecule has 0 radical (unpaired) electrons. The molecule has 4 nitrogen and oxygen atoms in total. The van der Waals surface area contributed by atoms with Crippen molar-refractivity contribution in [2.75, 3.05) is 0 Å². The third-order valence-electron chi connectivity index (χ3n) is 2.42. The molecule has 0 spiro atoms. The van der Waals surface area contributed by atoms with E-state index in [1.54, 1.807) is 0 Å². The lowest BCUT2D eigenvalue weighted by Crippen LogP contribution is -2.28. The fourth-order valence-electron chi connectivity index (χ4n) is 1.13. The van der Waals surface area contributed by atoms with Gasteiger partial charge < -0.3 is 4.18 Å². The van der Waals surface area contributed by atoms with Crippen LogP contribution in [0.4, 0.5) is 13.2 Å². The standard InChI is InChI=1S/C10H12F3NO3S/c1-3-7(2)8-4-5-9(14-6-8)17-18(15,16)10(11,12)13/h4-7H,3H2,1-2H3. The first-order chi connectivity index (χ1) is 8.17. The topological polar surface area (TPSA) is 56.3 Å². The van der Waals surface area contributed by atoms with Crippen LogP contribution in [0.2, 0.25) is 0 Å². The van der Waals surface area contributed by atoms with Crippen molar-refractivity contribution in [1.29, 1.82) is 0 Å². The second-order valence-electron chi connectivity index (χ2n) is 3.72. The van der Waals surface area contributed by atoms with Gasteiger partial charge in [-0.05, 0) is 17.9 Å². The summed E-state index contributed by atoms with van der Waals surface area (Å²) < 4.78 is 61.4. The zero-order valence-corrected chi connectivity index (χ0v) is 10.5. The van der Waals surface area contributed by atoms with E-state index in [0.717, 1.165) is 18.1 Å². The van der Waals surface area contributed by atoms with Crippen LogP contribution >= 0.6 is 0 Å². The molecule has 0 aliphatic heterocycles. The quantitative estimate of drug-likeness (QED) is 0.630. The molecule has 18 heavy (non-hydrogen) atoms. The molecule has 0 N–H and O–H groups in total. The maximum atomic E-state index is 12.0.